The van der Waals surface area contributed by atoms with E-state index in [-0.39, 0.29) is 12.1 Å². The molecule has 0 aliphatic carbocycles. The molecule has 242 valence electrons. The molecule has 3 unspecified atom stereocenters. The minimum absolute atomic E-state index is 0.0365. The first-order valence-corrected chi connectivity index (χ1v) is 18.3. The summed E-state index contributed by atoms with van der Waals surface area (Å²) in [5, 5.41) is 20.6. The fourth-order valence-corrected chi connectivity index (χ4v) is 6.18. The van der Waals surface area contributed by atoms with E-state index in [1.54, 1.807) is 0 Å². The quantitative estimate of drug-likeness (QED) is 0.0634. The van der Waals surface area contributed by atoms with Gasteiger partial charge in [-0.25, -0.2) is 4.79 Å². The van der Waals surface area contributed by atoms with Crippen LogP contribution in [0.5, 0.6) is 0 Å². The van der Waals surface area contributed by atoms with Crippen LogP contribution in [0.15, 0.2) is 11.6 Å². The Morgan fingerprint density at radius 2 is 0.878 bits per heavy atom. The smallest absolute Gasteiger partial charge is 0.334 e. The number of cyclic esters (lactones) is 1. The molecule has 41 heavy (non-hydrogen) atoms. The number of aliphatic hydroxyl groups is 2. The van der Waals surface area contributed by atoms with Crippen LogP contribution in [0.4, 0.5) is 0 Å². The van der Waals surface area contributed by atoms with E-state index in [1.165, 1.54) is 148 Å². The average Bonchev–Trinajstić information content (AvgIpc) is 3.29. The number of esters is 1. The first-order valence-electron chi connectivity index (χ1n) is 18.3. The predicted octanol–water partition coefficient (Wildman–Crippen LogP) is 10.9. The first kappa shape index (κ1) is 38.2. The van der Waals surface area contributed by atoms with Gasteiger partial charge in [-0.15, -0.1) is 0 Å². The van der Waals surface area contributed by atoms with Crippen LogP contribution >= 0.6 is 0 Å². The van der Waals surface area contributed by atoms with Crippen molar-refractivity contribution in [3.05, 3.63) is 11.6 Å². The maximum absolute atomic E-state index is 11.6. The third-order valence-corrected chi connectivity index (χ3v) is 8.98. The molecular formula is C37H70O4. The second kappa shape index (κ2) is 27.9. The molecule has 0 amide bonds. The molecule has 0 saturated carbocycles. The summed E-state index contributed by atoms with van der Waals surface area (Å²) in [5.74, 6) is -0.110. The van der Waals surface area contributed by atoms with Crippen molar-refractivity contribution in [3.8, 4) is 0 Å². The van der Waals surface area contributed by atoms with Gasteiger partial charge in [-0.1, -0.05) is 167 Å². The minimum atomic E-state index is -0.538. The first-order chi connectivity index (χ1) is 20.0. The maximum Gasteiger partial charge on any atom is 0.334 e. The second-order valence-corrected chi connectivity index (χ2v) is 13.1. The van der Waals surface area contributed by atoms with E-state index in [1.807, 2.05) is 13.0 Å². The van der Waals surface area contributed by atoms with Gasteiger partial charge in [0, 0.05) is 5.57 Å². The third kappa shape index (κ3) is 23.3. The molecule has 0 spiro atoms. The molecule has 2 N–H and O–H groups in total. The molecule has 0 aromatic heterocycles. The molecular weight excluding hydrogens is 508 g/mol. The van der Waals surface area contributed by atoms with Crippen molar-refractivity contribution in [1.29, 1.82) is 0 Å². The second-order valence-electron chi connectivity index (χ2n) is 13.1. The fraction of sp³-hybridized carbons (Fsp3) is 0.919. The third-order valence-electron chi connectivity index (χ3n) is 8.98. The molecule has 1 aliphatic rings. The Morgan fingerprint density at radius 1 is 0.561 bits per heavy atom. The summed E-state index contributed by atoms with van der Waals surface area (Å²) < 4.78 is 5.15. The highest BCUT2D eigenvalue weighted by molar-refractivity contribution is 5.90. The van der Waals surface area contributed by atoms with Gasteiger partial charge in [-0.3, -0.25) is 0 Å². The molecule has 0 saturated heterocycles. The monoisotopic (exact) mass is 579 g/mol. The normalized spacial score (nSPS) is 16.6. The predicted molar refractivity (Wildman–Crippen MR) is 175 cm³/mol. The Balaban J connectivity index is 1.76. The van der Waals surface area contributed by atoms with Crippen molar-refractivity contribution >= 4 is 5.97 Å². The zero-order valence-corrected chi connectivity index (χ0v) is 27.5. The van der Waals surface area contributed by atoms with E-state index in [0.29, 0.717) is 0 Å². The lowest BCUT2D eigenvalue weighted by Gasteiger charge is -2.17. The van der Waals surface area contributed by atoms with Crippen molar-refractivity contribution in [2.45, 2.75) is 218 Å². The SMILES string of the molecule is CCCCCCCCCCCCCCCCC(O)C(O)CCCCCCCCCCCCCCC1=CC(C)OC1=O. The molecule has 4 heteroatoms. The van der Waals surface area contributed by atoms with Gasteiger partial charge in [0.25, 0.3) is 0 Å². The summed E-state index contributed by atoms with van der Waals surface area (Å²) in [6.07, 6.45) is 37.0. The number of hydrogen-bond donors (Lipinski definition) is 2. The molecule has 4 nitrogen and oxygen atoms in total. The molecule has 0 radical (unpaired) electrons. The lowest BCUT2D eigenvalue weighted by atomic mass is 9.99. The van der Waals surface area contributed by atoms with Gasteiger partial charge in [-0.05, 0) is 38.7 Å². The zero-order valence-electron chi connectivity index (χ0n) is 27.5. The van der Waals surface area contributed by atoms with Crippen molar-refractivity contribution in [3.63, 3.8) is 0 Å². The highest BCUT2D eigenvalue weighted by atomic mass is 16.5. The number of aliphatic hydroxyl groups excluding tert-OH is 2. The summed E-state index contributed by atoms with van der Waals surface area (Å²) in [5.41, 5.74) is 0.878. The van der Waals surface area contributed by atoms with Crippen molar-refractivity contribution in [2.75, 3.05) is 0 Å². The summed E-state index contributed by atoms with van der Waals surface area (Å²) in [4.78, 5) is 11.6. The standard InChI is InChI=1S/C37H70O4/c1-3-4-5-6-7-8-9-10-11-15-18-21-24-27-30-35(38)36(39)31-28-25-22-19-16-13-12-14-17-20-23-26-29-34-32-33(2)41-37(34)40/h32-33,35-36,38-39H,3-31H2,1-2H3. The highest BCUT2D eigenvalue weighted by Crippen LogP contribution is 2.21. The molecule has 3 atom stereocenters. The van der Waals surface area contributed by atoms with Crippen LogP contribution in [0.2, 0.25) is 0 Å². The van der Waals surface area contributed by atoms with Crippen LogP contribution in [0.25, 0.3) is 0 Å². The molecule has 1 aliphatic heterocycles. The number of carbonyl (C=O) groups excluding carboxylic acids is 1. The van der Waals surface area contributed by atoms with E-state index in [4.69, 9.17) is 4.74 Å². The van der Waals surface area contributed by atoms with Crippen molar-refractivity contribution < 1.29 is 19.7 Å². The summed E-state index contributed by atoms with van der Waals surface area (Å²) in [6.45, 7) is 4.20. The Morgan fingerprint density at radius 3 is 1.20 bits per heavy atom. The lowest BCUT2D eigenvalue weighted by Crippen LogP contribution is -2.25. The molecule has 1 rings (SSSR count). The van der Waals surface area contributed by atoms with Crippen LogP contribution in [-0.2, 0) is 9.53 Å². The van der Waals surface area contributed by atoms with Gasteiger partial charge < -0.3 is 14.9 Å². The molecule has 1 heterocycles. The molecule has 0 aromatic carbocycles. The van der Waals surface area contributed by atoms with Crippen LogP contribution in [0.1, 0.15) is 200 Å². The van der Waals surface area contributed by atoms with E-state index < -0.39 is 12.2 Å². The van der Waals surface area contributed by atoms with Gasteiger partial charge in [0.1, 0.15) is 6.10 Å². The van der Waals surface area contributed by atoms with Gasteiger partial charge in [0.15, 0.2) is 0 Å². The van der Waals surface area contributed by atoms with Crippen molar-refractivity contribution in [2.24, 2.45) is 0 Å². The summed E-state index contributed by atoms with van der Waals surface area (Å²) in [7, 11) is 0. The van der Waals surface area contributed by atoms with Gasteiger partial charge in [0.05, 0.1) is 12.2 Å². The number of unbranched alkanes of at least 4 members (excludes halogenated alkanes) is 24. The number of carbonyl (C=O) groups is 1. The summed E-state index contributed by atoms with van der Waals surface area (Å²) in [6, 6.07) is 0. The highest BCUT2D eigenvalue weighted by Gasteiger charge is 2.21. The molecule has 0 aromatic rings. The Hall–Kier alpha value is -0.870. The number of hydrogen-bond acceptors (Lipinski definition) is 4. The van der Waals surface area contributed by atoms with Gasteiger partial charge >= 0.3 is 5.97 Å². The van der Waals surface area contributed by atoms with Crippen LogP contribution < -0.4 is 0 Å². The number of ether oxygens (including phenoxy) is 1. The Bertz CT molecular complexity index is 616. The fourth-order valence-electron chi connectivity index (χ4n) is 6.18. The zero-order chi connectivity index (χ0) is 29.8. The summed E-state index contributed by atoms with van der Waals surface area (Å²) >= 11 is 0. The van der Waals surface area contributed by atoms with E-state index in [9.17, 15) is 15.0 Å². The van der Waals surface area contributed by atoms with Gasteiger partial charge in [-0.2, -0.15) is 0 Å². The van der Waals surface area contributed by atoms with Crippen LogP contribution in [-0.4, -0.2) is 34.5 Å². The van der Waals surface area contributed by atoms with Crippen LogP contribution in [0.3, 0.4) is 0 Å². The number of rotatable bonds is 31. The lowest BCUT2D eigenvalue weighted by molar-refractivity contribution is -0.139. The Kier molecular flexibility index (Phi) is 26.0. The Labute approximate surface area is 255 Å². The van der Waals surface area contributed by atoms with E-state index in [2.05, 4.69) is 6.92 Å². The van der Waals surface area contributed by atoms with Gasteiger partial charge in [0.2, 0.25) is 0 Å². The average molecular weight is 579 g/mol. The largest absolute Gasteiger partial charge is 0.455 e. The molecule has 0 bridgehead atoms. The minimum Gasteiger partial charge on any atom is -0.455 e. The topological polar surface area (TPSA) is 66.8 Å². The van der Waals surface area contributed by atoms with E-state index in [0.717, 1.165) is 44.1 Å². The van der Waals surface area contributed by atoms with Crippen molar-refractivity contribution in [1.82, 2.24) is 0 Å². The van der Waals surface area contributed by atoms with E-state index >= 15 is 0 Å². The molecule has 0 fully saturated rings. The maximum atomic E-state index is 11.6. The van der Waals surface area contributed by atoms with Crippen LogP contribution in [0, 0.1) is 0 Å².